The van der Waals surface area contributed by atoms with Gasteiger partial charge in [0, 0.05) is 17.7 Å². The van der Waals surface area contributed by atoms with Crippen molar-refractivity contribution in [1.82, 2.24) is 4.72 Å². The molecule has 3 rings (SSSR count). The summed E-state index contributed by atoms with van der Waals surface area (Å²) in [6, 6.07) is 11.9. The predicted octanol–water partition coefficient (Wildman–Crippen LogP) is 3.83. The number of aryl methyl sites for hydroxylation is 1. The number of anilines is 1. The van der Waals surface area contributed by atoms with E-state index in [1.54, 1.807) is 30.3 Å². The summed E-state index contributed by atoms with van der Waals surface area (Å²) < 4.78 is 34.4. The highest BCUT2D eigenvalue weighted by atomic mass is 35.5. The molecule has 2 aromatic rings. The van der Waals surface area contributed by atoms with E-state index >= 15 is 0 Å². The van der Waals surface area contributed by atoms with Crippen LogP contribution in [0.4, 0.5) is 5.69 Å². The van der Waals surface area contributed by atoms with Crippen LogP contribution in [0.15, 0.2) is 47.4 Å². The van der Waals surface area contributed by atoms with Gasteiger partial charge in [-0.25, -0.2) is 13.1 Å². The first-order chi connectivity index (χ1) is 11.7. The lowest BCUT2D eigenvalue weighted by Crippen LogP contribution is -2.41. The minimum Gasteiger partial charge on any atom is -0.487 e. The molecule has 0 amide bonds. The van der Waals surface area contributed by atoms with Gasteiger partial charge in [-0.3, -0.25) is 0 Å². The molecule has 26 heavy (non-hydrogen) atoms. The number of ether oxygens (including phenoxy) is 1. The van der Waals surface area contributed by atoms with Crippen molar-refractivity contribution in [3.8, 4) is 5.75 Å². The summed E-state index contributed by atoms with van der Waals surface area (Å²) in [4.78, 5) is 0.263. The number of fused-ring (bicyclic) bond motifs is 1. The smallest absolute Gasteiger partial charge is 0.241 e. The van der Waals surface area contributed by atoms with Crippen LogP contribution in [-0.2, 0) is 16.4 Å². The second-order valence-electron chi connectivity index (χ2n) is 7.03. The zero-order chi connectivity index (χ0) is 18.2. The molecule has 5 nitrogen and oxygen atoms in total. The van der Waals surface area contributed by atoms with Crippen LogP contribution in [-0.4, -0.2) is 14.0 Å². The molecule has 0 aliphatic carbocycles. The first-order valence-corrected chi connectivity index (χ1v) is 9.88. The van der Waals surface area contributed by atoms with E-state index in [0.29, 0.717) is 17.9 Å². The Balaban J connectivity index is 0.00000243. The average Bonchev–Trinajstić information content (AvgIpc) is 2.54. The number of nitrogen functional groups attached to an aromatic ring is 1. The van der Waals surface area contributed by atoms with E-state index in [-0.39, 0.29) is 17.3 Å². The normalized spacial score (nSPS) is 18.3. The molecule has 7 heteroatoms. The molecular weight excluding hydrogens is 372 g/mol. The van der Waals surface area contributed by atoms with Gasteiger partial charge in [0.05, 0.1) is 10.9 Å². The molecule has 1 unspecified atom stereocenters. The van der Waals surface area contributed by atoms with Gasteiger partial charge >= 0.3 is 0 Å². The summed E-state index contributed by atoms with van der Waals surface area (Å²) in [7, 11) is -3.64. The largest absolute Gasteiger partial charge is 0.487 e. The molecule has 0 bridgehead atoms. The number of halogens is 1. The highest BCUT2D eigenvalue weighted by Gasteiger charge is 2.36. The lowest BCUT2D eigenvalue weighted by molar-refractivity contribution is 0.0702. The highest BCUT2D eigenvalue weighted by molar-refractivity contribution is 7.89. The third-order valence-electron chi connectivity index (χ3n) is 4.43. The summed E-state index contributed by atoms with van der Waals surface area (Å²) in [5, 5.41) is 0. The maximum absolute atomic E-state index is 12.8. The Bertz CT molecular complexity index is 880. The fourth-order valence-corrected chi connectivity index (χ4v) is 4.35. The van der Waals surface area contributed by atoms with Crippen molar-refractivity contribution < 1.29 is 13.2 Å². The van der Waals surface area contributed by atoms with E-state index in [1.165, 1.54) is 0 Å². The van der Waals surface area contributed by atoms with Crippen molar-refractivity contribution in [2.75, 3.05) is 5.73 Å². The fraction of sp³-hybridized carbons (Fsp3) is 0.368. The van der Waals surface area contributed by atoms with Crippen molar-refractivity contribution in [3.05, 3.63) is 53.6 Å². The number of sulfonamides is 1. The van der Waals surface area contributed by atoms with Crippen LogP contribution in [0, 0.1) is 0 Å². The van der Waals surface area contributed by atoms with E-state index in [0.717, 1.165) is 17.5 Å². The van der Waals surface area contributed by atoms with Gasteiger partial charge in [0.25, 0.3) is 0 Å². The maximum Gasteiger partial charge on any atom is 0.241 e. The Kier molecular flexibility index (Phi) is 5.90. The molecule has 0 saturated heterocycles. The Morgan fingerprint density at radius 2 is 1.85 bits per heavy atom. The average molecular weight is 397 g/mol. The summed E-state index contributed by atoms with van der Waals surface area (Å²) in [6.07, 6.45) is 1.39. The van der Waals surface area contributed by atoms with Crippen LogP contribution >= 0.6 is 12.4 Å². The molecule has 3 N–H and O–H groups in total. The molecule has 1 aliphatic rings. The van der Waals surface area contributed by atoms with Crippen molar-refractivity contribution >= 4 is 28.1 Å². The van der Waals surface area contributed by atoms with E-state index in [4.69, 9.17) is 10.5 Å². The zero-order valence-corrected chi connectivity index (χ0v) is 16.8. The number of rotatable bonds is 4. The van der Waals surface area contributed by atoms with Gasteiger partial charge in [-0.15, -0.1) is 12.4 Å². The molecule has 1 atom stereocenters. The summed E-state index contributed by atoms with van der Waals surface area (Å²) in [6.45, 7) is 5.93. The second kappa shape index (κ2) is 7.47. The predicted molar refractivity (Wildman–Crippen MR) is 106 cm³/mol. The number of hydrogen-bond donors (Lipinski definition) is 2. The summed E-state index contributed by atoms with van der Waals surface area (Å²) >= 11 is 0. The highest BCUT2D eigenvalue weighted by Crippen LogP contribution is 2.41. The molecule has 0 radical (unpaired) electrons. The molecular formula is C19H25ClN2O3S. The maximum atomic E-state index is 12.8. The van der Waals surface area contributed by atoms with Crippen molar-refractivity contribution in [2.24, 2.45) is 0 Å². The first-order valence-electron chi connectivity index (χ1n) is 8.40. The lowest BCUT2D eigenvalue weighted by atomic mass is 9.90. The third kappa shape index (κ3) is 4.31. The SMILES string of the molecule is CCc1ccc(S(=O)(=O)NC2CC(C)(C)Oc3ccc(N)cc32)cc1.Cl. The van der Waals surface area contributed by atoms with Gasteiger partial charge in [-0.05, 0) is 56.2 Å². The van der Waals surface area contributed by atoms with E-state index < -0.39 is 21.7 Å². The Morgan fingerprint density at radius 3 is 2.46 bits per heavy atom. The molecule has 0 fully saturated rings. The minimum atomic E-state index is -3.64. The van der Waals surface area contributed by atoms with Gasteiger partial charge in [-0.1, -0.05) is 19.1 Å². The Morgan fingerprint density at radius 1 is 1.19 bits per heavy atom. The van der Waals surface area contributed by atoms with Gasteiger partial charge in [0.2, 0.25) is 10.0 Å². The molecule has 0 spiro atoms. The molecule has 0 saturated carbocycles. The molecule has 0 aromatic heterocycles. The Hall–Kier alpha value is -1.76. The second-order valence-corrected chi connectivity index (χ2v) is 8.75. The van der Waals surface area contributed by atoms with Crippen LogP contribution in [0.25, 0.3) is 0 Å². The van der Waals surface area contributed by atoms with E-state index in [2.05, 4.69) is 4.72 Å². The first kappa shape index (κ1) is 20.6. The number of nitrogens with two attached hydrogens (primary N) is 1. The quantitative estimate of drug-likeness (QED) is 0.769. The van der Waals surface area contributed by atoms with Gasteiger partial charge in [0.1, 0.15) is 11.4 Å². The number of benzene rings is 2. The van der Waals surface area contributed by atoms with Crippen molar-refractivity contribution in [2.45, 2.75) is 50.2 Å². The lowest BCUT2D eigenvalue weighted by Gasteiger charge is -2.37. The number of hydrogen-bond acceptors (Lipinski definition) is 4. The zero-order valence-electron chi connectivity index (χ0n) is 15.2. The number of nitrogens with one attached hydrogen (secondary N) is 1. The van der Waals surface area contributed by atoms with Crippen LogP contribution < -0.4 is 15.2 Å². The van der Waals surface area contributed by atoms with Crippen molar-refractivity contribution in [3.63, 3.8) is 0 Å². The van der Waals surface area contributed by atoms with E-state index in [1.807, 2.05) is 32.9 Å². The monoisotopic (exact) mass is 396 g/mol. The summed E-state index contributed by atoms with van der Waals surface area (Å²) in [5.74, 6) is 0.666. The van der Waals surface area contributed by atoms with Gasteiger partial charge in [-0.2, -0.15) is 0 Å². The van der Waals surface area contributed by atoms with Crippen molar-refractivity contribution in [1.29, 1.82) is 0 Å². The van der Waals surface area contributed by atoms with Crippen LogP contribution in [0.5, 0.6) is 5.75 Å². The molecule has 2 aromatic carbocycles. The van der Waals surface area contributed by atoms with Crippen LogP contribution in [0.3, 0.4) is 0 Å². The molecule has 142 valence electrons. The van der Waals surface area contributed by atoms with Crippen LogP contribution in [0.1, 0.15) is 44.4 Å². The minimum absolute atomic E-state index is 0. The van der Waals surface area contributed by atoms with Crippen LogP contribution in [0.2, 0.25) is 0 Å². The summed E-state index contributed by atoms with van der Waals surface area (Å²) in [5.41, 5.74) is 7.87. The van der Waals surface area contributed by atoms with Gasteiger partial charge in [0.15, 0.2) is 0 Å². The fourth-order valence-electron chi connectivity index (χ4n) is 3.14. The molecule has 1 heterocycles. The van der Waals surface area contributed by atoms with E-state index in [9.17, 15) is 8.42 Å². The topological polar surface area (TPSA) is 81.4 Å². The molecule has 1 aliphatic heterocycles. The third-order valence-corrected chi connectivity index (χ3v) is 5.92. The standard InChI is InChI=1S/C19H24N2O3S.ClH/c1-4-13-5-8-15(9-6-13)25(22,23)21-17-12-19(2,3)24-18-10-7-14(20)11-16(17)18;/h5-11,17,21H,4,12,20H2,1-3H3;1H. The van der Waals surface area contributed by atoms with Gasteiger partial charge < -0.3 is 10.5 Å². The Labute approximate surface area is 161 Å².